The van der Waals surface area contributed by atoms with Gasteiger partial charge in [-0.3, -0.25) is 19.0 Å². The van der Waals surface area contributed by atoms with Crippen molar-refractivity contribution >= 4 is 44.7 Å². The standard InChI is InChI=1S/C27H28N4O3S/c1-5-18-11-13-19(14-12-18)29-24(32)21(6-2)31-15-28-26-22(27(31)34)17(4)23(35-26)25(33)30-20-10-8-7-9-16(20)3/h7-15,21H,5-6H2,1-4H3,(H,29,32)(H,30,33). The Morgan fingerprint density at radius 1 is 1.03 bits per heavy atom. The van der Waals surface area contributed by atoms with Crippen molar-refractivity contribution in [1.82, 2.24) is 9.55 Å². The molecule has 2 amide bonds. The van der Waals surface area contributed by atoms with Crippen LogP contribution in [0, 0.1) is 13.8 Å². The number of hydrogen-bond donors (Lipinski definition) is 2. The fourth-order valence-electron chi connectivity index (χ4n) is 4.03. The van der Waals surface area contributed by atoms with Crippen LogP contribution in [0.4, 0.5) is 11.4 Å². The molecule has 1 atom stereocenters. The summed E-state index contributed by atoms with van der Waals surface area (Å²) in [6, 6.07) is 14.4. The molecule has 2 N–H and O–H groups in total. The van der Waals surface area contributed by atoms with E-state index in [4.69, 9.17) is 0 Å². The number of carbonyl (C=O) groups excluding carboxylic acids is 2. The number of fused-ring (bicyclic) bond motifs is 1. The van der Waals surface area contributed by atoms with Crippen molar-refractivity contribution in [2.24, 2.45) is 0 Å². The fourth-order valence-corrected chi connectivity index (χ4v) is 5.06. The van der Waals surface area contributed by atoms with E-state index in [0.29, 0.717) is 32.8 Å². The Morgan fingerprint density at radius 3 is 2.40 bits per heavy atom. The van der Waals surface area contributed by atoms with Crippen LogP contribution in [0.1, 0.15) is 52.7 Å². The molecule has 8 heteroatoms. The Morgan fingerprint density at radius 2 is 1.74 bits per heavy atom. The van der Waals surface area contributed by atoms with Gasteiger partial charge in [-0.25, -0.2) is 4.98 Å². The molecule has 180 valence electrons. The Labute approximate surface area is 207 Å². The quantitative estimate of drug-likeness (QED) is 0.360. The summed E-state index contributed by atoms with van der Waals surface area (Å²) in [4.78, 5) is 44.9. The lowest BCUT2D eigenvalue weighted by molar-refractivity contribution is -0.119. The van der Waals surface area contributed by atoms with Gasteiger partial charge >= 0.3 is 0 Å². The molecule has 2 heterocycles. The van der Waals surface area contributed by atoms with Crippen LogP contribution in [-0.4, -0.2) is 21.4 Å². The molecule has 0 bridgehead atoms. The number of para-hydroxylation sites is 1. The van der Waals surface area contributed by atoms with Gasteiger partial charge in [-0.1, -0.05) is 44.2 Å². The lowest BCUT2D eigenvalue weighted by Crippen LogP contribution is -2.33. The molecular formula is C27H28N4O3S. The van der Waals surface area contributed by atoms with E-state index in [1.807, 2.05) is 62.4 Å². The van der Waals surface area contributed by atoms with Crippen LogP contribution in [0.25, 0.3) is 10.2 Å². The Bertz CT molecular complexity index is 1450. The molecule has 35 heavy (non-hydrogen) atoms. The molecule has 0 aliphatic carbocycles. The number of nitrogens with one attached hydrogen (secondary N) is 2. The summed E-state index contributed by atoms with van der Waals surface area (Å²) in [7, 11) is 0. The van der Waals surface area contributed by atoms with Crippen LogP contribution >= 0.6 is 11.3 Å². The molecule has 4 aromatic rings. The van der Waals surface area contributed by atoms with Crippen molar-refractivity contribution in [3.63, 3.8) is 0 Å². The molecule has 2 aromatic heterocycles. The number of nitrogens with zero attached hydrogens (tertiary/aromatic N) is 2. The van der Waals surface area contributed by atoms with E-state index >= 15 is 0 Å². The number of anilines is 2. The monoisotopic (exact) mass is 488 g/mol. The molecular weight excluding hydrogens is 460 g/mol. The van der Waals surface area contributed by atoms with Crippen LogP contribution in [0.2, 0.25) is 0 Å². The number of aryl methyl sites for hydroxylation is 3. The third-order valence-electron chi connectivity index (χ3n) is 6.13. The molecule has 1 unspecified atom stereocenters. The number of aromatic nitrogens is 2. The average Bonchev–Trinajstić information content (AvgIpc) is 3.20. The van der Waals surface area contributed by atoms with Gasteiger partial charge in [0, 0.05) is 11.4 Å². The number of benzene rings is 2. The summed E-state index contributed by atoms with van der Waals surface area (Å²) in [6.45, 7) is 7.58. The van der Waals surface area contributed by atoms with E-state index < -0.39 is 6.04 Å². The van der Waals surface area contributed by atoms with Gasteiger partial charge in [-0.2, -0.15) is 0 Å². The Hall–Kier alpha value is -3.78. The summed E-state index contributed by atoms with van der Waals surface area (Å²) < 4.78 is 1.36. The largest absolute Gasteiger partial charge is 0.324 e. The summed E-state index contributed by atoms with van der Waals surface area (Å²) in [5.41, 5.74) is 3.75. The molecule has 0 saturated carbocycles. The minimum atomic E-state index is -0.728. The maximum atomic E-state index is 13.5. The van der Waals surface area contributed by atoms with Crippen molar-refractivity contribution in [2.75, 3.05) is 10.6 Å². The molecule has 0 aliphatic heterocycles. The number of rotatable bonds is 7. The lowest BCUT2D eigenvalue weighted by Gasteiger charge is -2.17. The third-order valence-corrected chi connectivity index (χ3v) is 7.33. The third kappa shape index (κ3) is 4.88. The Kier molecular flexibility index (Phi) is 7.12. The van der Waals surface area contributed by atoms with Gasteiger partial charge in [0.25, 0.3) is 11.5 Å². The van der Waals surface area contributed by atoms with Gasteiger partial charge in [-0.15, -0.1) is 11.3 Å². The topological polar surface area (TPSA) is 93.1 Å². The van der Waals surface area contributed by atoms with Crippen molar-refractivity contribution in [1.29, 1.82) is 0 Å². The predicted molar refractivity (Wildman–Crippen MR) is 142 cm³/mol. The van der Waals surface area contributed by atoms with Gasteiger partial charge < -0.3 is 10.6 Å². The maximum Gasteiger partial charge on any atom is 0.266 e. The molecule has 7 nitrogen and oxygen atoms in total. The van der Waals surface area contributed by atoms with Gasteiger partial charge in [0.1, 0.15) is 10.9 Å². The minimum absolute atomic E-state index is 0.286. The average molecular weight is 489 g/mol. The van der Waals surface area contributed by atoms with Crippen LogP contribution in [0.5, 0.6) is 0 Å². The van der Waals surface area contributed by atoms with E-state index in [2.05, 4.69) is 22.5 Å². The molecule has 0 saturated heterocycles. The first-order valence-electron chi connectivity index (χ1n) is 11.6. The number of amides is 2. The highest BCUT2D eigenvalue weighted by Crippen LogP contribution is 2.29. The van der Waals surface area contributed by atoms with E-state index in [9.17, 15) is 14.4 Å². The van der Waals surface area contributed by atoms with Crippen molar-refractivity contribution in [2.45, 2.75) is 46.6 Å². The summed E-state index contributed by atoms with van der Waals surface area (Å²) in [5, 5.41) is 6.19. The van der Waals surface area contributed by atoms with Crippen molar-refractivity contribution in [3.05, 3.63) is 86.8 Å². The van der Waals surface area contributed by atoms with Crippen LogP contribution in [0.15, 0.2) is 59.7 Å². The summed E-state index contributed by atoms with van der Waals surface area (Å²) in [5.74, 6) is -0.573. The van der Waals surface area contributed by atoms with Crippen LogP contribution in [-0.2, 0) is 11.2 Å². The predicted octanol–water partition coefficient (Wildman–Crippen LogP) is 5.48. The molecule has 0 fully saturated rings. The molecule has 2 aromatic carbocycles. The number of hydrogen-bond acceptors (Lipinski definition) is 5. The molecule has 0 aliphatic rings. The first kappa shape index (κ1) is 24.3. The zero-order valence-corrected chi connectivity index (χ0v) is 21.0. The van der Waals surface area contributed by atoms with E-state index in [-0.39, 0.29) is 17.4 Å². The fraction of sp³-hybridized carbons (Fsp3) is 0.259. The Balaban J connectivity index is 1.64. The zero-order valence-electron chi connectivity index (χ0n) is 20.2. The highest BCUT2D eigenvalue weighted by molar-refractivity contribution is 7.20. The highest BCUT2D eigenvalue weighted by atomic mass is 32.1. The highest BCUT2D eigenvalue weighted by Gasteiger charge is 2.25. The van der Waals surface area contributed by atoms with Crippen LogP contribution in [0.3, 0.4) is 0 Å². The van der Waals surface area contributed by atoms with Gasteiger partial charge in [0.15, 0.2) is 0 Å². The summed E-state index contributed by atoms with van der Waals surface area (Å²) >= 11 is 1.18. The van der Waals surface area contributed by atoms with Gasteiger partial charge in [0.05, 0.1) is 16.6 Å². The van der Waals surface area contributed by atoms with Crippen LogP contribution < -0.4 is 16.2 Å². The molecule has 0 spiro atoms. The normalized spacial score (nSPS) is 11.9. The second kappa shape index (κ2) is 10.2. The second-order valence-electron chi connectivity index (χ2n) is 8.43. The van der Waals surface area contributed by atoms with Crippen molar-refractivity contribution in [3.8, 4) is 0 Å². The van der Waals surface area contributed by atoms with E-state index in [1.165, 1.54) is 27.8 Å². The maximum absolute atomic E-state index is 13.5. The SMILES string of the molecule is CCc1ccc(NC(=O)C(CC)n2cnc3sc(C(=O)Nc4ccccc4C)c(C)c3c2=O)cc1. The van der Waals surface area contributed by atoms with E-state index in [1.54, 1.807) is 6.92 Å². The number of thiophene rings is 1. The molecule has 4 rings (SSSR count). The smallest absolute Gasteiger partial charge is 0.266 e. The lowest BCUT2D eigenvalue weighted by atomic mass is 10.1. The second-order valence-corrected chi connectivity index (χ2v) is 9.43. The number of carbonyl (C=O) groups is 2. The van der Waals surface area contributed by atoms with Crippen molar-refractivity contribution < 1.29 is 9.59 Å². The molecule has 0 radical (unpaired) electrons. The van der Waals surface area contributed by atoms with E-state index in [0.717, 1.165) is 17.7 Å². The first-order valence-corrected chi connectivity index (χ1v) is 12.4. The minimum Gasteiger partial charge on any atom is -0.324 e. The first-order chi connectivity index (χ1) is 16.8. The zero-order chi connectivity index (χ0) is 25.1. The van der Waals surface area contributed by atoms with Gasteiger partial charge in [-0.05, 0) is 61.6 Å². The summed E-state index contributed by atoms with van der Waals surface area (Å²) in [6.07, 6.45) is 2.73. The van der Waals surface area contributed by atoms with Gasteiger partial charge in [0.2, 0.25) is 5.91 Å².